The largest absolute Gasteiger partial charge is 0.452 e. The minimum Gasteiger partial charge on any atom is -0.452 e. The summed E-state index contributed by atoms with van der Waals surface area (Å²) in [6, 6.07) is 6.65. The predicted octanol–water partition coefficient (Wildman–Crippen LogP) is 2.55. The monoisotopic (exact) mass is 400 g/mol. The molecule has 1 saturated carbocycles. The first-order valence-electron chi connectivity index (χ1n) is 10.2. The van der Waals surface area contributed by atoms with Crippen molar-refractivity contribution in [1.29, 1.82) is 0 Å². The molecule has 29 heavy (non-hydrogen) atoms. The third-order valence-corrected chi connectivity index (χ3v) is 6.13. The Morgan fingerprint density at radius 1 is 1.14 bits per heavy atom. The van der Waals surface area contributed by atoms with Crippen LogP contribution in [0.3, 0.4) is 0 Å². The molecule has 1 aliphatic carbocycles. The van der Waals surface area contributed by atoms with Crippen LogP contribution in [-0.4, -0.2) is 47.3 Å². The first kappa shape index (κ1) is 21.0. The smallest absolute Gasteiger partial charge is 0.308 e. The van der Waals surface area contributed by atoms with E-state index in [1.807, 2.05) is 0 Å². The zero-order chi connectivity index (χ0) is 21.1. The fourth-order valence-electron chi connectivity index (χ4n) is 4.04. The molecule has 7 nitrogen and oxygen atoms in total. The summed E-state index contributed by atoms with van der Waals surface area (Å²) in [4.78, 5) is 50.2. The van der Waals surface area contributed by atoms with Gasteiger partial charge in [-0.25, -0.2) is 0 Å². The van der Waals surface area contributed by atoms with E-state index >= 15 is 0 Å². The fourth-order valence-corrected chi connectivity index (χ4v) is 4.04. The van der Waals surface area contributed by atoms with Crippen LogP contribution in [-0.2, 0) is 14.3 Å². The van der Waals surface area contributed by atoms with Crippen molar-refractivity contribution in [1.82, 2.24) is 10.2 Å². The number of carbonyl (C=O) groups excluding carboxylic acids is 4. The second kappa shape index (κ2) is 8.76. The number of rotatable bonds is 6. The van der Waals surface area contributed by atoms with Crippen molar-refractivity contribution >= 4 is 23.7 Å². The van der Waals surface area contributed by atoms with E-state index in [0.29, 0.717) is 23.0 Å². The van der Waals surface area contributed by atoms with Crippen molar-refractivity contribution in [2.24, 2.45) is 11.8 Å². The zero-order valence-electron chi connectivity index (χ0n) is 17.1. The highest BCUT2D eigenvalue weighted by molar-refractivity contribution is 6.21. The number of fused-ring (bicyclic) bond motifs is 1. The molecule has 0 saturated heterocycles. The molecule has 3 amide bonds. The number of esters is 1. The van der Waals surface area contributed by atoms with Crippen LogP contribution in [0.15, 0.2) is 24.3 Å². The number of nitrogens with zero attached hydrogens (tertiary/aromatic N) is 1. The van der Waals surface area contributed by atoms with Crippen molar-refractivity contribution < 1.29 is 23.9 Å². The number of amides is 3. The van der Waals surface area contributed by atoms with Gasteiger partial charge in [-0.3, -0.25) is 24.1 Å². The summed E-state index contributed by atoms with van der Waals surface area (Å²) >= 11 is 0. The first-order chi connectivity index (χ1) is 13.8. The van der Waals surface area contributed by atoms with Gasteiger partial charge in [-0.05, 0) is 37.3 Å². The maximum Gasteiger partial charge on any atom is 0.308 e. The van der Waals surface area contributed by atoms with Crippen LogP contribution in [0.2, 0.25) is 0 Å². The fraction of sp³-hybridized carbons (Fsp3) is 0.545. The minimum atomic E-state index is -0.922. The van der Waals surface area contributed by atoms with Gasteiger partial charge in [-0.2, -0.15) is 0 Å². The van der Waals surface area contributed by atoms with E-state index in [1.54, 1.807) is 24.3 Å². The average Bonchev–Trinajstić information content (AvgIpc) is 2.94. The lowest BCUT2D eigenvalue weighted by atomic mass is 9.78. The second-order valence-corrected chi connectivity index (χ2v) is 8.07. The van der Waals surface area contributed by atoms with Crippen molar-refractivity contribution in [3.8, 4) is 0 Å². The molecule has 0 bridgehead atoms. The van der Waals surface area contributed by atoms with Crippen molar-refractivity contribution in [2.75, 3.05) is 6.54 Å². The second-order valence-electron chi connectivity index (χ2n) is 8.07. The molecule has 0 spiro atoms. The van der Waals surface area contributed by atoms with E-state index in [4.69, 9.17) is 4.74 Å². The molecule has 4 atom stereocenters. The highest BCUT2D eigenvalue weighted by atomic mass is 16.5. The minimum absolute atomic E-state index is 0.0727. The molecule has 0 radical (unpaired) electrons. The van der Waals surface area contributed by atoms with E-state index in [2.05, 4.69) is 19.2 Å². The van der Waals surface area contributed by atoms with Crippen LogP contribution in [0.1, 0.15) is 67.2 Å². The maximum atomic E-state index is 12.4. The highest BCUT2D eigenvalue weighted by Crippen LogP contribution is 2.29. The zero-order valence-corrected chi connectivity index (χ0v) is 17.1. The standard InChI is InChI=1S/C22H28N2O5/c1-13-7-6-10-18(14(13)2)23-20(26)15(3)29-19(25)11-12-24-21(27)16-8-4-5-9-17(16)22(24)28/h4-5,8-9,13-15,18H,6-7,10-12H2,1-3H3,(H,23,26)/t13-,14-,15+,18-/m1/s1. The van der Waals surface area contributed by atoms with Crippen molar-refractivity contribution in [3.63, 3.8) is 0 Å². The molecule has 1 heterocycles. The summed E-state index contributed by atoms with van der Waals surface area (Å²) in [6.45, 7) is 5.78. The van der Waals surface area contributed by atoms with Crippen LogP contribution in [0.4, 0.5) is 0 Å². The van der Waals surface area contributed by atoms with E-state index in [0.717, 1.165) is 24.2 Å². The topological polar surface area (TPSA) is 92.8 Å². The molecule has 156 valence electrons. The quantitative estimate of drug-likeness (QED) is 0.585. The molecule has 1 fully saturated rings. The summed E-state index contributed by atoms with van der Waals surface area (Å²) in [5.74, 6) is -0.829. The Bertz CT molecular complexity index is 786. The Hall–Kier alpha value is -2.70. The molecule has 2 aliphatic rings. The highest BCUT2D eigenvalue weighted by Gasteiger charge is 2.35. The van der Waals surface area contributed by atoms with E-state index in [-0.39, 0.29) is 24.9 Å². The van der Waals surface area contributed by atoms with Gasteiger partial charge in [-0.1, -0.05) is 38.8 Å². The lowest BCUT2D eigenvalue weighted by Gasteiger charge is -2.35. The SMILES string of the molecule is C[C@@H]1[C@H](C)CCC[C@H]1NC(=O)[C@H](C)OC(=O)CCN1C(=O)c2ccccc2C1=O. The molecule has 1 aromatic carbocycles. The van der Waals surface area contributed by atoms with Crippen LogP contribution in [0.25, 0.3) is 0 Å². The molecule has 0 unspecified atom stereocenters. The van der Waals surface area contributed by atoms with Gasteiger partial charge >= 0.3 is 5.97 Å². The number of hydrogen-bond donors (Lipinski definition) is 1. The summed E-state index contributed by atoms with van der Waals surface area (Å²) in [6.07, 6.45) is 2.09. The summed E-state index contributed by atoms with van der Waals surface area (Å²) < 4.78 is 5.22. The van der Waals surface area contributed by atoms with Gasteiger partial charge in [0, 0.05) is 12.6 Å². The maximum absolute atomic E-state index is 12.4. The van der Waals surface area contributed by atoms with Crippen molar-refractivity contribution in [3.05, 3.63) is 35.4 Å². The third kappa shape index (κ3) is 4.49. The Morgan fingerprint density at radius 2 is 1.76 bits per heavy atom. The number of nitrogens with one attached hydrogen (secondary N) is 1. The van der Waals surface area contributed by atoms with Gasteiger partial charge in [-0.15, -0.1) is 0 Å². The normalized spacial score (nSPS) is 24.8. The molecule has 1 aromatic rings. The molecular formula is C22H28N2O5. The molecule has 7 heteroatoms. The Kier molecular flexibility index (Phi) is 6.35. The molecular weight excluding hydrogens is 372 g/mol. The lowest BCUT2D eigenvalue weighted by Crippen LogP contribution is -2.47. The summed E-state index contributed by atoms with van der Waals surface area (Å²) in [5, 5.41) is 2.99. The van der Waals surface area contributed by atoms with E-state index < -0.39 is 23.9 Å². The van der Waals surface area contributed by atoms with Gasteiger partial charge in [0.05, 0.1) is 17.5 Å². The lowest BCUT2D eigenvalue weighted by molar-refractivity contribution is -0.155. The van der Waals surface area contributed by atoms with Crippen molar-refractivity contribution in [2.45, 2.75) is 58.6 Å². The van der Waals surface area contributed by atoms with Crippen LogP contribution >= 0.6 is 0 Å². The average molecular weight is 400 g/mol. The van der Waals surface area contributed by atoms with E-state index in [9.17, 15) is 19.2 Å². The van der Waals surface area contributed by atoms with Crippen LogP contribution in [0.5, 0.6) is 0 Å². The summed E-state index contributed by atoms with van der Waals surface area (Å²) in [5.41, 5.74) is 0.684. The number of hydrogen-bond acceptors (Lipinski definition) is 5. The number of carbonyl (C=O) groups is 4. The predicted molar refractivity (Wildman–Crippen MR) is 106 cm³/mol. The first-order valence-corrected chi connectivity index (χ1v) is 10.2. The molecule has 0 aromatic heterocycles. The van der Waals surface area contributed by atoms with E-state index in [1.165, 1.54) is 6.92 Å². The number of benzene rings is 1. The Labute approximate surface area is 170 Å². The van der Waals surface area contributed by atoms with Gasteiger partial charge in [0.1, 0.15) is 0 Å². The number of imide groups is 1. The molecule has 1 aliphatic heterocycles. The van der Waals surface area contributed by atoms with Crippen LogP contribution in [0, 0.1) is 11.8 Å². The third-order valence-electron chi connectivity index (χ3n) is 6.13. The van der Waals surface area contributed by atoms with Gasteiger partial charge in [0.25, 0.3) is 17.7 Å². The van der Waals surface area contributed by atoms with Gasteiger partial charge in [0.15, 0.2) is 6.10 Å². The Balaban J connectivity index is 1.47. The summed E-state index contributed by atoms with van der Waals surface area (Å²) in [7, 11) is 0. The van der Waals surface area contributed by atoms with Gasteiger partial charge in [0.2, 0.25) is 0 Å². The molecule has 1 N–H and O–H groups in total. The number of ether oxygens (including phenoxy) is 1. The van der Waals surface area contributed by atoms with Gasteiger partial charge < -0.3 is 10.1 Å². The Morgan fingerprint density at radius 3 is 2.38 bits per heavy atom. The van der Waals surface area contributed by atoms with Crippen LogP contribution < -0.4 is 5.32 Å². The molecule has 3 rings (SSSR count).